The van der Waals surface area contributed by atoms with E-state index in [1.807, 2.05) is 19.1 Å². The van der Waals surface area contributed by atoms with Crippen molar-refractivity contribution in [2.24, 2.45) is 0 Å². The number of amides is 2. The molecule has 1 unspecified atom stereocenters. The smallest absolute Gasteiger partial charge is 0.258 e. The fourth-order valence-electron chi connectivity index (χ4n) is 2.38. The SMILES string of the molecule is Cc1ccc(NC(=O)C2NC(=O)COc3c(Cl)cccc32)cc1. The van der Waals surface area contributed by atoms with Gasteiger partial charge in [0.2, 0.25) is 0 Å². The number of rotatable bonds is 2. The number of anilines is 1. The second kappa shape index (κ2) is 6.30. The Bertz CT molecular complexity index is 759. The topological polar surface area (TPSA) is 67.4 Å². The number of carbonyl (C=O) groups is 2. The van der Waals surface area contributed by atoms with Crippen LogP contribution in [0.2, 0.25) is 5.02 Å². The fourth-order valence-corrected chi connectivity index (χ4v) is 2.62. The van der Waals surface area contributed by atoms with Gasteiger partial charge in [0.1, 0.15) is 11.8 Å². The van der Waals surface area contributed by atoms with Crippen molar-refractivity contribution in [3.63, 3.8) is 0 Å². The first-order valence-electron chi connectivity index (χ1n) is 7.12. The lowest BCUT2D eigenvalue weighted by Gasteiger charge is -2.17. The summed E-state index contributed by atoms with van der Waals surface area (Å²) in [6.07, 6.45) is 0. The summed E-state index contributed by atoms with van der Waals surface area (Å²) in [5.74, 6) is -0.367. The minimum atomic E-state index is -0.861. The molecule has 1 heterocycles. The summed E-state index contributed by atoms with van der Waals surface area (Å²) in [5.41, 5.74) is 2.29. The zero-order chi connectivity index (χ0) is 16.4. The molecule has 0 aromatic heterocycles. The Kier molecular flexibility index (Phi) is 4.21. The second-order valence-electron chi connectivity index (χ2n) is 5.30. The number of aryl methyl sites for hydroxylation is 1. The summed E-state index contributed by atoms with van der Waals surface area (Å²) in [4.78, 5) is 24.4. The Morgan fingerprint density at radius 3 is 2.74 bits per heavy atom. The average molecular weight is 331 g/mol. The van der Waals surface area contributed by atoms with Crippen LogP contribution in [0.15, 0.2) is 42.5 Å². The molecule has 0 spiro atoms. The fraction of sp³-hybridized carbons (Fsp3) is 0.176. The van der Waals surface area contributed by atoms with Crippen molar-refractivity contribution in [1.29, 1.82) is 0 Å². The van der Waals surface area contributed by atoms with Gasteiger partial charge in [-0.25, -0.2) is 0 Å². The van der Waals surface area contributed by atoms with Crippen LogP contribution in [0.4, 0.5) is 5.69 Å². The molecule has 1 aliphatic rings. The van der Waals surface area contributed by atoms with Gasteiger partial charge in [0.25, 0.3) is 11.8 Å². The molecule has 2 aromatic rings. The number of para-hydroxylation sites is 1. The van der Waals surface area contributed by atoms with Crippen LogP contribution in [0.5, 0.6) is 5.75 Å². The number of nitrogens with one attached hydrogen (secondary N) is 2. The molecule has 118 valence electrons. The molecular formula is C17H15ClN2O3. The number of carbonyl (C=O) groups excluding carboxylic acids is 2. The van der Waals surface area contributed by atoms with Crippen LogP contribution in [-0.4, -0.2) is 18.4 Å². The first-order valence-corrected chi connectivity index (χ1v) is 7.50. The molecule has 2 N–H and O–H groups in total. The quantitative estimate of drug-likeness (QED) is 0.889. The monoisotopic (exact) mass is 330 g/mol. The third-order valence-electron chi connectivity index (χ3n) is 3.54. The molecule has 0 saturated heterocycles. The molecule has 5 nitrogen and oxygen atoms in total. The number of fused-ring (bicyclic) bond motifs is 1. The molecular weight excluding hydrogens is 316 g/mol. The van der Waals surface area contributed by atoms with E-state index >= 15 is 0 Å². The average Bonchev–Trinajstić information content (AvgIpc) is 2.70. The summed E-state index contributed by atoms with van der Waals surface area (Å²) < 4.78 is 5.41. The van der Waals surface area contributed by atoms with Gasteiger partial charge >= 0.3 is 0 Å². The number of ether oxygens (including phenoxy) is 1. The number of hydrogen-bond donors (Lipinski definition) is 2. The van der Waals surface area contributed by atoms with E-state index in [4.69, 9.17) is 16.3 Å². The minimum Gasteiger partial charge on any atom is -0.482 e. The summed E-state index contributed by atoms with van der Waals surface area (Å²) in [5, 5.41) is 5.82. The van der Waals surface area contributed by atoms with E-state index < -0.39 is 6.04 Å². The van der Waals surface area contributed by atoms with Crippen LogP contribution >= 0.6 is 11.6 Å². The van der Waals surface area contributed by atoms with E-state index in [-0.39, 0.29) is 18.4 Å². The number of benzene rings is 2. The maximum Gasteiger partial charge on any atom is 0.258 e. The molecule has 23 heavy (non-hydrogen) atoms. The van der Waals surface area contributed by atoms with Crippen LogP contribution in [0.1, 0.15) is 17.2 Å². The van der Waals surface area contributed by atoms with E-state index in [0.29, 0.717) is 22.0 Å². The molecule has 0 saturated carbocycles. The van der Waals surface area contributed by atoms with Crippen molar-refractivity contribution in [2.75, 3.05) is 11.9 Å². The highest BCUT2D eigenvalue weighted by Crippen LogP contribution is 2.34. The lowest BCUT2D eigenvalue weighted by Crippen LogP contribution is -2.37. The van der Waals surface area contributed by atoms with E-state index in [1.54, 1.807) is 30.3 Å². The Morgan fingerprint density at radius 2 is 2.00 bits per heavy atom. The molecule has 3 rings (SSSR count). The van der Waals surface area contributed by atoms with Crippen LogP contribution in [-0.2, 0) is 9.59 Å². The van der Waals surface area contributed by atoms with Crippen molar-refractivity contribution in [1.82, 2.24) is 5.32 Å². The zero-order valence-electron chi connectivity index (χ0n) is 12.4. The predicted octanol–water partition coefficient (Wildman–Crippen LogP) is 2.84. The molecule has 6 heteroatoms. The van der Waals surface area contributed by atoms with Crippen molar-refractivity contribution < 1.29 is 14.3 Å². The van der Waals surface area contributed by atoms with Crippen LogP contribution in [0.3, 0.4) is 0 Å². The van der Waals surface area contributed by atoms with Crippen molar-refractivity contribution in [3.8, 4) is 5.75 Å². The molecule has 2 aromatic carbocycles. The minimum absolute atomic E-state index is 0.176. The highest BCUT2D eigenvalue weighted by Gasteiger charge is 2.30. The Labute approximate surface area is 138 Å². The van der Waals surface area contributed by atoms with Gasteiger partial charge in [0.05, 0.1) is 5.02 Å². The van der Waals surface area contributed by atoms with Crippen LogP contribution < -0.4 is 15.4 Å². The number of hydrogen-bond acceptors (Lipinski definition) is 3. The van der Waals surface area contributed by atoms with E-state index in [0.717, 1.165) is 5.56 Å². The third-order valence-corrected chi connectivity index (χ3v) is 3.84. The molecule has 1 atom stereocenters. The highest BCUT2D eigenvalue weighted by molar-refractivity contribution is 6.32. The molecule has 0 radical (unpaired) electrons. The summed E-state index contributed by atoms with van der Waals surface area (Å²) in [7, 11) is 0. The first kappa shape index (κ1) is 15.4. The van der Waals surface area contributed by atoms with Gasteiger partial charge in [-0.2, -0.15) is 0 Å². The highest BCUT2D eigenvalue weighted by atomic mass is 35.5. The summed E-state index contributed by atoms with van der Waals surface area (Å²) in [6.45, 7) is 1.79. The predicted molar refractivity (Wildman–Crippen MR) is 87.6 cm³/mol. The van der Waals surface area contributed by atoms with Crippen molar-refractivity contribution in [2.45, 2.75) is 13.0 Å². The van der Waals surface area contributed by atoms with E-state index in [2.05, 4.69) is 10.6 Å². The first-order chi connectivity index (χ1) is 11.0. The van der Waals surface area contributed by atoms with E-state index in [9.17, 15) is 9.59 Å². The summed E-state index contributed by atoms with van der Waals surface area (Å²) in [6, 6.07) is 11.6. The molecule has 2 amide bonds. The Hall–Kier alpha value is -2.53. The van der Waals surface area contributed by atoms with Gasteiger partial charge < -0.3 is 15.4 Å². The normalized spacial score (nSPS) is 16.6. The van der Waals surface area contributed by atoms with E-state index in [1.165, 1.54) is 0 Å². The van der Waals surface area contributed by atoms with Gasteiger partial charge in [-0.1, -0.05) is 41.4 Å². The zero-order valence-corrected chi connectivity index (χ0v) is 13.2. The number of halogens is 1. The maximum atomic E-state index is 12.6. The molecule has 1 aliphatic heterocycles. The standard InChI is InChI=1S/C17H15ClN2O3/c1-10-5-7-11(8-6-10)19-17(22)15-12-3-2-4-13(18)16(12)23-9-14(21)20-15/h2-8,15H,9H2,1H3,(H,19,22)(H,20,21). The second-order valence-corrected chi connectivity index (χ2v) is 5.71. The third kappa shape index (κ3) is 3.29. The molecule has 0 bridgehead atoms. The lowest BCUT2D eigenvalue weighted by molar-refractivity contribution is -0.127. The van der Waals surface area contributed by atoms with Crippen LogP contribution in [0, 0.1) is 6.92 Å². The van der Waals surface area contributed by atoms with Crippen LogP contribution in [0.25, 0.3) is 0 Å². The maximum absolute atomic E-state index is 12.6. The van der Waals surface area contributed by atoms with Crippen molar-refractivity contribution in [3.05, 3.63) is 58.6 Å². The van der Waals surface area contributed by atoms with Gasteiger partial charge in [0.15, 0.2) is 6.61 Å². The molecule has 0 aliphatic carbocycles. The summed E-state index contributed by atoms with van der Waals surface area (Å²) >= 11 is 6.11. The Balaban J connectivity index is 1.91. The van der Waals surface area contributed by atoms with Gasteiger partial charge in [-0.05, 0) is 25.1 Å². The molecule has 0 fully saturated rings. The van der Waals surface area contributed by atoms with Crippen molar-refractivity contribution >= 4 is 29.1 Å². The largest absolute Gasteiger partial charge is 0.482 e. The lowest BCUT2D eigenvalue weighted by atomic mass is 10.0. The van der Waals surface area contributed by atoms with Gasteiger partial charge in [-0.3, -0.25) is 9.59 Å². The van der Waals surface area contributed by atoms with Gasteiger partial charge in [-0.15, -0.1) is 0 Å². The Morgan fingerprint density at radius 1 is 1.26 bits per heavy atom. The van der Waals surface area contributed by atoms with Gasteiger partial charge in [0, 0.05) is 11.3 Å².